The van der Waals surface area contributed by atoms with E-state index in [0.29, 0.717) is 12.1 Å². The van der Waals surface area contributed by atoms with Crippen molar-refractivity contribution in [2.24, 2.45) is 5.92 Å². The molecule has 0 bridgehead atoms. The topological polar surface area (TPSA) is 48.3 Å². The Morgan fingerprint density at radius 2 is 2.10 bits per heavy atom. The first-order chi connectivity index (χ1) is 9.52. The van der Waals surface area contributed by atoms with Gasteiger partial charge in [0, 0.05) is 25.2 Å². The molecule has 0 saturated heterocycles. The smallest absolute Gasteiger partial charge is 0.105 e. The first-order valence-corrected chi connectivity index (χ1v) is 7.99. The zero-order valence-corrected chi connectivity index (χ0v) is 13.2. The van der Waals surface area contributed by atoms with E-state index in [4.69, 9.17) is 4.74 Å². The molecule has 0 aromatic rings. The van der Waals surface area contributed by atoms with E-state index in [1.54, 1.807) is 0 Å². The van der Waals surface area contributed by atoms with Crippen molar-refractivity contribution in [2.75, 3.05) is 26.8 Å². The van der Waals surface area contributed by atoms with Gasteiger partial charge in [-0.05, 0) is 58.9 Å². The van der Waals surface area contributed by atoms with Gasteiger partial charge in [-0.25, -0.2) is 0 Å². The van der Waals surface area contributed by atoms with Crippen LogP contribution in [0.15, 0.2) is 0 Å². The van der Waals surface area contributed by atoms with E-state index in [-0.39, 0.29) is 0 Å². The van der Waals surface area contributed by atoms with Crippen LogP contribution in [0.3, 0.4) is 0 Å². The molecule has 0 aliphatic heterocycles. The lowest BCUT2D eigenvalue weighted by molar-refractivity contribution is 0.0890. The highest BCUT2D eigenvalue weighted by atomic mass is 16.5. The Morgan fingerprint density at radius 1 is 1.40 bits per heavy atom. The number of rotatable bonds is 10. The van der Waals surface area contributed by atoms with Crippen LogP contribution >= 0.6 is 0 Å². The van der Waals surface area contributed by atoms with Crippen LogP contribution in [0.5, 0.6) is 0 Å². The number of hydrogen-bond acceptors (Lipinski definition) is 4. The molecule has 2 saturated carbocycles. The molecule has 4 heteroatoms. The fourth-order valence-corrected chi connectivity index (χ4v) is 2.53. The molecule has 2 fully saturated rings. The van der Waals surface area contributed by atoms with Crippen LogP contribution in [-0.4, -0.2) is 49.3 Å². The second-order valence-corrected chi connectivity index (χ2v) is 6.91. The average Bonchev–Trinajstić information content (AvgIpc) is 3.29. The molecule has 0 aromatic heterocycles. The zero-order chi connectivity index (χ0) is 14.6. The summed E-state index contributed by atoms with van der Waals surface area (Å²) in [7, 11) is 2.13. The summed E-state index contributed by atoms with van der Waals surface area (Å²) in [6.07, 6.45) is 5.99. The second kappa shape index (κ2) is 6.89. The molecule has 0 aromatic carbocycles. The molecule has 1 N–H and O–H groups in total. The van der Waals surface area contributed by atoms with Gasteiger partial charge in [-0.15, -0.1) is 0 Å². The molecule has 0 radical (unpaired) electrons. The zero-order valence-electron chi connectivity index (χ0n) is 13.2. The van der Waals surface area contributed by atoms with Crippen LogP contribution in [0.2, 0.25) is 0 Å². The van der Waals surface area contributed by atoms with Crippen LogP contribution in [-0.2, 0) is 4.74 Å². The van der Waals surface area contributed by atoms with Crippen molar-refractivity contribution in [1.29, 1.82) is 5.26 Å². The van der Waals surface area contributed by atoms with Crippen LogP contribution in [0.1, 0.15) is 46.0 Å². The van der Waals surface area contributed by atoms with Crippen molar-refractivity contribution >= 4 is 0 Å². The maximum atomic E-state index is 9.42. The summed E-state index contributed by atoms with van der Waals surface area (Å²) in [5, 5.41) is 12.9. The van der Waals surface area contributed by atoms with E-state index in [0.717, 1.165) is 32.1 Å². The summed E-state index contributed by atoms with van der Waals surface area (Å²) in [4.78, 5) is 2.30. The second-order valence-electron chi connectivity index (χ2n) is 6.91. The van der Waals surface area contributed by atoms with Gasteiger partial charge in [-0.3, -0.25) is 5.32 Å². The van der Waals surface area contributed by atoms with Crippen molar-refractivity contribution in [3.05, 3.63) is 0 Å². The van der Waals surface area contributed by atoms with Crippen molar-refractivity contribution in [3.8, 4) is 6.07 Å². The number of ether oxygens (including phenoxy) is 1. The minimum atomic E-state index is -0.399. The fourth-order valence-electron chi connectivity index (χ4n) is 2.53. The molecule has 0 amide bonds. The van der Waals surface area contributed by atoms with Gasteiger partial charge in [0.05, 0.1) is 12.7 Å². The Hall–Kier alpha value is -0.630. The Bertz CT molecular complexity index is 346. The van der Waals surface area contributed by atoms with Gasteiger partial charge >= 0.3 is 0 Å². The molecule has 20 heavy (non-hydrogen) atoms. The fraction of sp³-hybridized carbons (Fsp3) is 0.938. The highest BCUT2D eigenvalue weighted by Gasteiger charge is 2.34. The quantitative estimate of drug-likeness (QED) is 0.623. The maximum Gasteiger partial charge on any atom is 0.105 e. The van der Waals surface area contributed by atoms with Crippen molar-refractivity contribution in [2.45, 2.75) is 63.6 Å². The lowest BCUT2D eigenvalue weighted by Gasteiger charge is -2.32. The minimum Gasteiger partial charge on any atom is -0.380 e. The SMILES string of the molecule is CC(CC(C)(C#N)NC1CC1)N(C)CCOCC1CC1. The third kappa shape index (κ3) is 5.40. The van der Waals surface area contributed by atoms with Crippen LogP contribution in [0.4, 0.5) is 0 Å². The lowest BCUT2D eigenvalue weighted by atomic mass is 9.94. The minimum absolute atomic E-state index is 0.385. The van der Waals surface area contributed by atoms with Gasteiger partial charge in [0.1, 0.15) is 5.54 Å². The predicted molar refractivity (Wildman–Crippen MR) is 80.4 cm³/mol. The van der Waals surface area contributed by atoms with Crippen molar-refractivity contribution in [1.82, 2.24) is 10.2 Å². The molecule has 114 valence electrons. The highest BCUT2D eigenvalue weighted by Crippen LogP contribution is 2.28. The molecular weight excluding hydrogens is 250 g/mol. The summed E-state index contributed by atoms with van der Waals surface area (Å²) < 4.78 is 5.69. The molecule has 2 atom stereocenters. The van der Waals surface area contributed by atoms with Crippen molar-refractivity contribution in [3.63, 3.8) is 0 Å². The first kappa shape index (κ1) is 15.8. The standard InChI is InChI=1S/C16H29N3O/c1-13(10-16(2,12-17)18-15-6-7-15)19(3)8-9-20-11-14-4-5-14/h13-15,18H,4-11H2,1-3H3. The number of nitrogens with zero attached hydrogens (tertiary/aromatic N) is 2. The number of likely N-dealkylation sites (N-methyl/N-ethyl adjacent to an activating group) is 1. The Morgan fingerprint density at radius 3 is 2.65 bits per heavy atom. The van der Waals surface area contributed by atoms with Gasteiger partial charge in [-0.2, -0.15) is 5.26 Å². The van der Waals surface area contributed by atoms with E-state index >= 15 is 0 Å². The molecule has 0 heterocycles. The largest absolute Gasteiger partial charge is 0.380 e. The Kier molecular flexibility index (Phi) is 5.42. The highest BCUT2D eigenvalue weighted by molar-refractivity contribution is 5.08. The summed E-state index contributed by atoms with van der Waals surface area (Å²) in [5.41, 5.74) is -0.399. The molecule has 2 aliphatic carbocycles. The third-order valence-corrected chi connectivity index (χ3v) is 4.44. The van der Waals surface area contributed by atoms with Crippen LogP contribution < -0.4 is 5.32 Å². The summed E-state index contributed by atoms with van der Waals surface area (Å²) in [6, 6.07) is 3.41. The lowest BCUT2D eigenvalue weighted by Crippen LogP contribution is -2.47. The molecular formula is C16H29N3O. The summed E-state index contributed by atoms with van der Waals surface area (Å²) in [5.74, 6) is 0.836. The number of hydrogen-bond donors (Lipinski definition) is 1. The molecule has 0 spiro atoms. The van der Waals surface area contributed by atoms with E-state index in [2.05, 4.69) is 30.3 Å². The Labute approximate surface area is 123 Å². The van der Waals surface area contributed by atoms with Gasteiger partial charge in [0.2, 0.25) is 0 Å². The normalized spacial score (nSPS) is 23.4. The molecule has 2 rings (SSSR count). The van der Waals surface area contributed by atoms with Gasteiger partial charge in [0.15, 0.2) is 0 Å². The molecule has 4 nitrogen and oxygen atoms in total. The summed E-state index contributed by atoms with van der Waals surface area (Å²) >= 11 is 0. The summed E-state index contributed by atoms with van der Waals surface area (Å²) in [6.45, 7) is 6.90. The Balaban J connectivity index is 1.65. The van der Waals surface area contributed by atoms with Crippen LogP contribution in [0, 0.1) is 17.2 Å². The predicted octanol–water partition coefficient (Wildman–Crippen LogP) is 2.16. The monoisotopic (exact) mass is 279 g/mol. The third-order valence-electron chi connectivity index (χ3n) is 4.44. The van der Waals surface area contributed by atoms with E-state index < -0.39 is 5.54 Å². The van der Waals surface area contributed by atoms with Crippen LogP contribution in [0.25, 0.3) is 0 Å². The van der Waals surface area contributed by atoms with Gasteiger partial charge < -0.3 is 9.64 Å². The van der Waals surface area contributed by atoms with Gasteiger partial charge in [0.25, 0.3) is 0 Å². The maximum absolute atomic E-state index is 9.42. The van der Waals surface area contributed by atoms with Gasteiger partial charge in [-0.1, -0.05) is 0 Å². The van der Waals surface area contributed by atoms with E-state index in [1.165, 1.54) is 25.7 Å². The number of nitriles is 1. The van der Waals surface area contributed by atoms with E-state index in [1.807, 2.05) is 6.92 Å². The van der Waals surface area contributed by atoms with Crippen molar-refractivity contribution < 1.29 is 4.74 Å². The number of nitrogens with one attached hydrogen (secondary N) is 1. The average molecular weight is 279 g/mol. The molecule has 2 unspecified atom stereocenters. The molecule has 2 aliphatic rings. The first-order valence-electron chi connectivity index (χ1n) is 7.99. The van der Waals surface area contributed by atoms with E-state index in [9.17, 15) is 5.26 Å².